The van der Waals surface area contributed by atoms with Crippen LogP contribution in [0.3, 0.4) is 0 Å². The predicted molar refractivity (Wildman–Crippen MR) is 121 cm³/mol. The molecule has 2 heterocycles. The van der Waals surface area contributed by atoms with Crippen LogP contribution in [0.1, 0.15) is 77.0 Å². The second kappa shape index (κ2) is 9.36. The number of nitrogens with zero attached hydrogens (tertiary/aromatic N) is 3. The topological polar surface area (TPSA) is 83.6 Å². The van der Waals surface area contributed by atoms with E-state index in [2.05, 4.69) is 10.3 Å². The number of rotatable bonds is 7. The minimum absolute atomic E-state index is 0.107. The van der Waals surface area contributed by atoms with Gasteiger partial charge in [-0.15, -0.1) is 0 Å². The van der Waals surface area contributed by atoms with Crippen molar-refractivity contribution >= 4 is 17.7 Å². The number of guanidine groups is 1. The van der Waals surface area contributed by atoms with Crippen molar-refractivity contribution in [1.82, 2.24) is 9.88 Å². The smallest absolute Gasteiger partial charge is 0.257 e. The van der Waals surface area contributed by atoms with Crippen molar-refractivity contribution in [3.8, 4) is 0 Å². The first-order valence-electron chi connectivity index (χ1n) is 11.9. The fourth-order valence-electron chi connectivity index (χ4n) is 5.82. The van der Waals surface area contributed by atoms with Gasteiger partial charge in [-0.3, -0.25) is 9.69 Å². The Hall–Kier alpha value is -2.11. The number of pyridine rings is 1. The second-order valence-electron chi connectivity index (χ2n) is 9.70. The van der Waals surface area contributed by atoms with Gasteiger partial charge in [-0.05, 0) is 56.1 Å². The summed E-state index contributed by atoms with van der Waals surface area (Å²) in [5, 5.41) is 3.59. The van der Waals surface area contributed by atoms with Crippen LogP contribution >= 0.6 is 0 Å². The fourth-order valence-corrected chi connectivity index (χ4v) is 5.82. The van der Waals surface area contributed by atoms with Gasteiger partial charge in [0, 0.05) is 19.3 Å². The largest absolute Gasteiger partial charge is 0.369 e. The van der Waals surface area contributed by atoms with E-state index in [0.717, 1.165) is 50.3 Å². The van der Waals surface area contributed by atoms with E-state index >= 15 is 0 Å². The molecule has 2 fully saturated rings. The summed E-state index contributed by atoms with van der Waals surface area (Å²) in [6.07, 6.45) is 15.8. The first-order valence-corrected chi connectivity index (χ1v) is 11.9. The first kappa shape index (κ1) is 21.1. The quantitative estimate of drug-likeness (QED) is 0.699. The fraction of sp³-hybridized carbons (Fsp3) is 0.708. The predicted octanol–water partition coefficient (Wildman–Crippen LogP) is 4.33. The van der Waals surface area contributed by atoms with E-state index in [-0.39, 0.29) is 5.91 Å². The van der Waals surface area contributed by atoms with Crippen LogP contribution < -0.4 is 11.1 Å². The van der Waals surface area contributed by atoms with Crippen molar-refractivity contribution in [3.63, 3.8) is 0 Å². The van der Waals surface area contributed by atoms with Crippen molar-refractivity contribution in [1.29, 1.82) is 0 Å². The zero-order valence-corrected chi connectivity index (χ0v) is 18.4. The molecule has 0 spiro atoms. The molecule has 0 bridgehead atoms. The molecule has 1 aromatic heterocycles. The van der Waals surface area contributed by atoms with Gasteiger partial charge in [0.15, 0.2) is 5.96 Å². The van der Waals surface area contributed by atoms with Gasteiger partial charge in [0.25, 0.3) is 5.91 Å². The zero-order valence-electron chi connectivity index (χ0n) is 18.4. The highest BCUT2D eigenvalue weighted by Gasteiger charge is 2.48. The van der Waals surface area contributed by atoms with Crippen LogP contribution in [0.5, 0.6) is 0 Å². The molecule has 1 amide bonds. The summed E-state index contributed by atoms with van der Waals surface area (Å²) in [4.78, 5) is 24.1. The molecule has 2 aliphatic carbocycles. The van der Waals surface area contributed by atoms with Gasteiger partial charge in [-0.25, -0.2) is 9.98 Å². The summed E-state index contributed by atoms with van der Waals surface area (Å²) in [6.45, 7) is 0. The van der Waals surface area contributed by atoms with Crippen LogP contribution in [0.25, 0.3) is 0 Å². The summed E-state index contributed by atoms with van der Waals surface area (Å²) in [6, 6.07) is 6.38. The number of anilines is 1. The monoisotopic (exact) mass is 411 g/mol. The Labute approximate surface area is 180 Å². The summed E-state index contributed by atoms with van der Waals surface area (Å²) in [5.74, 6) is 2.67. The molecule has 30 heavy (non-hydrogen) atoms. The molecule has 1 aromatic rings. The van der Waals surface area contributed by atoms with Crippen molar-refractivity contribution in [2.45, 2.75) is 88.6 Å². The van der Waals surface area contributed by atoms with Crippen LogP contribution in [-0.2, 0) is 4.79 Å². The lowest BCUT2D eigenvalue weighted by Crippen LogP contribution is -2.44. The highest BCUT2D eigenvalue weighted by molar-refractivity contribution is 6.06. The minimum atomic E-state index is -0.645. The van der Waals surface area contributed by atoms with Crippen LogP contribution in [-0.4, -0.2) is 40.4 Å². The first-order chi connectivity index (χ1) is 14.6. The van der Waals surface area contributed by atoms with Crippen LogP contribution in [0.4, 0.5) is 5.82 Å². The van der Waals surface area contributed by atoms with E-state index in [9.17, 15) is 4.79 Å². The molecule has 0 saturated heterocycles. The van der Waals surface area contributed by atoms with Gasteiger partial charge in [-0.2, -0.15) is 0 Å². The van der Waals surface area contributed by atoms with E-state index < -0.39 is 5.54 Å². The molecule has 4 rings (SSSR count). The number of carbonyl (C=O) groups is 1. The van der Waals surface area contributed by atoms with Gasteiger partial charge in [0.05, 0.1) is 0 Å². The maximum Gasteiger partial charge on any atom is 0.257 e. The summed E-state index contributed by atoms with van der Waals surface area (Å²) in [7, 11) is 1.77. The molecule has 1 aliphatic heterocycles. The van der Waals surface area contributed by atoms with Crippen LogP contribution in [0.2, 0.25) is 0 Å². The molecule has 164 valence electrons. The third kappa shape index (κ3) is 4.79. The van der Waals surface area contributed by atoms with E-state index in [1.807, 2.05) is 24.4 Å². The van der Waals surface area contributed by atoms with Crippen molar-refractivity contribution in [2.75, 3.05) is 12.4 Å². The number of hydrogen-bond donors (Lipinski definition) is 2. The van der Waals surface area contributed by atoms with Gasteiger partial charge in [0.2, 0.25) is 0 Å². The Bertz CT molecular complexity index is 745. The zero-order chi connectivity index (χ0) is 21.0. The van der Waals surface area contributed by atoms with Crippen LogP contribution in [0, 0.1) is 11.8 Å². The highest BCUT2D eigenvalue weighted by Crippen LogP contribution is 2.40. The SMILES string of the molecule is CN1C(=O)[C@@](CCC2CCCCC2)(CC2CCCC(Nc3ccccn3)C2)N=C1N. The summed E-state index contributed by atoms with van der Waals surface area (Å²) >= 11 is 0. The number of aromatic nitrogens is 1. The Balaban J connectivity index is 1.42. The molecular formula is C24H37N5O. The maximum atomic E-state index is 13.3. The Kier molecular flexibility index (Phi) is 6.59. The molecule has 6 heteroatoms. The lowest BCUT2D eigenvalue weighted by atomic mass is 9.74. The molecule has 3 N–H and O–H groups in total. The Morgan fingerprint density at radius 3 is 2.63 bits per heavy atom. The highest BCUT2D eigenvalue weighted by atomic mass is 16.2. The van der Waals surface area contributed by atoms with E-state index in [4.69, 9.17) is 10.7 Å². The molecule has 0 aromatic carbocycles. The molecule has 3 aliphatic rings. The van der Waals surface area contributed by atoms with Gasteiger partial charge < -0.3 is 11.1 Å². The van der Waals surface area contributed by atoms with Crippen LogP contribution in [0.15, 0.2) is 29.4 Å². The third-order valence-corrected chi connectivity index (χ3v) is 7.49. The number of hydrogen-bond acceptors (Lipinski definition) is 5. The minimum Gasteiger partial charge on any atom is -0.369 e. The van der Waals surface area contributed by atoms with Crippen molar-refractivity contribution in [3.05, 3.63) is 24.4 Å². The number of carbonyl (C=O) groups excluding carboxylic acids is 1. The molecule has 2 unspecified atom stereocenters. The Morgan fingerprint density at radius 2 is 1.93 bits per heavy atom. The maximum absolute atomic E-state index is 13.3. The van der Waals surface area contributed by atoms with E-state index in [0.29, 0.717) is 17.9 Å². The Morgan fingerprint density at radius 1 is 1.13 bits per heavy atom. The van der Waals surface area contributed by atoms with Gasteiger partial charge in [0.1, 0.15) is 11.4 Å². The molecular weight excluding hydrogens is 374 g/mol. The van der Waals surface area contributed by atoms with E-state index in [1.165, 1.54) is 38.5 Å². The standard InChI is InChI=1S/C24H37N5O/c1-29-22(30)24(28-23(29)25,14-13-18-8-3-2-4-9-18)17-19-10-7-11-20(16-19)27-21-12-5-6-15-26-21/h5-6,12,15,18-20H,2-4,7-11,13-14,16-17H2,1H3,(H2,25,28)(H,26,27)/t19?,20?,24-/m1/s1. The lowest BCUT2D eigenvalue weighted by Gasteiger charge is -2.35. The van der Waals surface area contributed by atoms with E-state index in [1.54, 1.807) is 11.9 Å². The number of likely N-dealkylation sites (N-methyl/N-ethyl adjacent to an activating group) is 1. The second-order valence-corrected chi connectivity index (χ2v) is 9.70. The van der Waals surface area contributed by atoms with Gasteiger partial charge in [-0.1, -0.05) is 51.0 Å². The normalized spacial score (nSPS) is 30.4. The third-order valence-electron chi connectivity index (χ3n) is 7.49. The number of amides is 1. The molecule has 0 radical (unpaired) electrons. The lowest BCUT2D eigenvalue weighted by molar-refractivity contribution is -0.131. The van der Waals surface area contributed by atoms with Gasteiger partial charge >= 0.3 is 0 Å². The summed E-state index contributed by atoms with van der Waals surface area (Å²) in [5.41, 5.74) is 5.48. The molecule has 2 saturated carbocycles. The number of nitrogens with one attached hydrogen (secondary N) is 1. The average Bonchev–Trinajstić information content (AvgIpc) is 2.98. The van der Waals surface area contributed by atoms with Crippen molar-refractivity contribution in [2.24, 2.45) is 22.6 Å². The average molecular weight is 412 g/mol. The molecule has 6 nitrogen and oxygen atoms in total. The van der Waals surface area contributed by atoms with Crippen molar-refractivity contribution < 1.29 is 4.79 Å². The number of aliphatic imine (C=N–C) groups is 1. The molecule has 3 atom stereocenters. The number of nitrogens with two attached hydrogens (primary N) is 1. The summed E-state index contributed by atoms with van der Waals surface area (Å²) < 4.78 is 0.